The average Bonchev–Trinajstić information content (AvgIpc) is 2.51. The lowest BCUT2D eigenvalue weighted by Crippen LogP contribution is -2.04. The second kappa shape index (κ2) is 5.78. The molecule has 3 aromatic rings. The molecule has 1 heterocycles. The number of hydrogen-bond donors (Lipinski definition) is 0. The summed E-state index contributed by atoms with van der Waals surface area (Å²) in [5, 5.41) is 0.182. The van der Waals surface area contributed by atoms with Crippen molar-refractivity contribution in [1.82, 2.24) is 0 Å². The summed E-state index contributed by atoms with van der Waals surface area (Å²) < 4.78 is 30.6. The van der Waals surface area contributed by atoms with E-state index in [4.69, 9.17) is 4.42 Å². The van der Waals surface area contributed by atoms with E-state index < -0.39 is 16.6 Å². The van der Waals surface area contributed by atoms with Gasteiger partial charge in [-0.2, -0.15) is 0 Å². The minimum absolute atomic E-state index is 0.182. The number of rotatable bonds is 2. The number of fused-ring (bicyclic) bond motifs is 1. The van der Waals surface area contributed by atoms with Gasteiger partial charge in [0.05, 0.1) is 5.39 Å². The Morgan fingerprint density at radius 2 is 1.82 bits per heavy atom. The van der Waals surface area contributed by atoms with Gasteiger partial charge in [0.15, 0.2) is 5.76 Å². The van der Waals surface area contributed by atoms with E-state index in [0.717, 1.165) is 6.07 Å². The first-order valence-corrected chi connectivity index (χ1v) is 8.68. The molecule has 0 radical (unpaired) electrons. The zero-order valence-corrected chi connectivity index (χ0v) is 13.8. The summed E-state index contributed by atoms with van der Waals surface area (Å²) in [6, 6.07) is 10.7. The van der Waals surface area contributed by atoms with Crippen LogP contribution in [0.25, 0.3) is 22.3 Å². The second-order valence-corrected chi connectivity index (χ2v) is 6.87. The van der Waals surface area contributed by atoms with Gasteiger partial charge in [0.1, 0.15) is 15.9 Å². The molecule has 0 spiro atoms. The summed E-state index contributed by atoms with van der Waals surface area (Å²) in [5.74, 6) is -0.133. The molecule has 3 nitrogen and oxygen atoms in total. The standard InChI is InChI=1S/C16H10BrFO3S/c1-22(20)11-5-2-9(3-6-11)16-14(17)15(19)12-8-10(18)4-7-13(12)21-16/h2-8H,1H3. The zero-order chi connectivity index (χ0) is 15.9. The normalized spacial score (nSPS) is 12.5. The monoisotopic (exact) mass is 380 g/mol. The topological polar surface area (TPSA) is 47.3 Å². The van der Waals surface area contributed by atoms with Gasteiger partial charge >= 0.3 is 0 Å². The van der Waals surface area contributed by atoms with Gasteiger partial charge in [-0.15, -0.1) is 0 Å². The first-order chi connectivity index (χ1) is 10.5. The molecular formula is C16H10BrFO3S. The van der Waals surface area contributed by atoms with Crippen LogP contribution in [-0.2, 0) is 10.8 Å². The number of halogens is 2. The van der Waals surface area contributed by atoms with Crippen LogP contribution in [0.5, 0.6) is 0 Å². The molecule has 0 aliphatic carbocycles. The minimum atomic E-state index is -1.07. The van der Waals surface area contributed by atoms with Crippen LogP contribution in [0.4, 0.5) is 4.39 Å². The Morgan fingerprint density at radius 3 is 2.45 bits per heavy atom. The lowest BCUT2D eigenvalue weighted by Gasteiger charge is -2.07. The first kappa shape index (κ1) is 15.1. The fourth-order valence-corrected chi connectivity index (χ4v) is 3.17. The van der Waals surface area contributed by atoms with Crippen molar-refractivity contribution in [3.8, 4) is 11.3 Å². The van der Waals surface area contributed by atoms with Crippen molar-refractivity contribution in [3.63, 3.8) is 0 Å². The van der Waals surface area contributed by atoms with Crippen LogP contribution < -0.4 is 5.43 Å². The molecule has 0 fully saturated rings. The SMILES string of the molecule is CS(=O)c1ccc(-c2oc3ccc(F)cc3c(=O)c2Br)cc1. The summed E-state index contributed by atoms with van der Waals surface area (Å²) in [4.78, 5) is 13.0. The molecular weight excluding hydrogens is 371 g/mol. The van der Waals surface area contributed by atoms with Gasteiger partial charge in [0, 0.05) is 27.5 Å². The van der Waals surface area contributed by atoms with E-state index in [9.17, 15) is 13.4 Å². The largest absolute Gasteiger partial charge is 0.455 e. The third-order valence-corrected chi connectivity index (χ3v) is 4.90. The summed E-state index contributed by atoms with van der Waals surface area (Å²) in [7, 11) is -1.07. The van der Waals surface area contributed by atoms with Crippen molar-refractivity contribution >= 4 is 37.7 Å². The van der Waals surface area contributed by atoms with Crippen LogP contribution in [0, 0.1) is 5.82 Å². The molecule has 0 aliphatic rings. The third kappa shape index (κ3) is 2.64. The van der Waals surface area contributed by atoms with E-state index >= 15 is 0 Å². The Hall–Kier alpha value is -1.79. The van der Waals surface area contributed by atoms with Crippen LogP contribution in [0.3, 0.4) is 0 Å². The predicted octanol–water partition coefficient (Wildman–Crippen LogP) is 4.10. The van der Waals surface area contributed by atoms with Crippen LogP contribution in [0.15, 0.2) is 61.0 Å². The maximum Gasteiger partial charge on any atom is 0.207 e. The smallest absolute Gasteiger partial charge is 0.207 e. The first-order valence-electron chi connectivity index (χ1n) is 6.33. The van der Waals surface area contributed by atoms with Crippen molar-refractivity contribution in [2.24, 2.45) is 0 Å². The lowest BCUT2D eigenvalue weighted by molar-refractivity contribution is 0.606. The Balaban J connectivity index is 2.23. The van der Waals surface area contributed by atoms with Crippen LogP contribution in [0.2, 0.25) is 0 Å². The predicted molar refractivity (Wildman–Crippen MR) is 87.9 cm³/mol. The van der Waals surface area contributed by atoms with E-state index in [0.29, 0.717) is 21.8 Å². The average molecular weight is 381 g/mol. The quantitative estimate of drug-likeness (QED) is 0.672. The summed E-state index contributed by atoms with van der Waals surface area (Å²) in [6.45, 7) is 0. The fourth-order valence-electron chi connectivity index (χ4n) is 2.13. The zero-order valence-electron chi connectivity index (χ0n) is 11.4. The Labute approximate surface area is 136 Å². The lowest BCUT2D eigenvalue weighted by atomic mass is 10.1. The molecule has 0 bridgehead atoms. The van der Waals surface area contributed by atoms with Crippen molar-refractivity contribution in [3.05, 3.63) is 63.0 Å². The highest BCUT2D eigenvalue weighted by molar-refractivity contribution is 9.10. The van der Waals surface area contributed by atoms with Crippen LogP contribution in [0.1, 0.15) is 0 Å². The highest BCUT2D eigenvalue weighted by Crippen LogP contribution is 2.30. The van der Waals surface area contributed by atoms with E-state index in [1.165, 1.54) is 12.1 Å². The molecule has 6 heteroatoms. The molecule has 0 saturated heterocycles. The molecule has 0 aliphatic heterocycles. The van der Waals surface area contributed by atoms with Crippen molar-refractivity contribution < 1.29 is 13.0 Å². The van der Waals surface area contributed by atoms with Crippen LogP contribution in [-0.4, -0.2) is 10.5 Å². The van der Waals surface area contributed by atoms with Gasteiger partial charge in [-0.3, -0.25) is 9.00 Å². The summed E-state index contributed by atoms with van der Waals surface area (Å²) >= 11 is 3.22. The minimum Gasteiger partial charge on any atom is -0.455 e. The number of benzene rings is 2. The Morgan fingerprint density at radius 1 is 1.14 bits per heavy atom. The van der Waals surface area contributed by atoms with E-state index in [2.05, 4.69) is 15.9 Å². The van der Waals surface area contributed by atoms with E-state index in [1.807, 2.05) is 0 Å². The van der Waals surface area contributed by atoms with Gasteiger partial charge < -0.3 is 4.42 Å². The van der Waals surface area contributed by atoms with Crippen molar-refractivity contribution in [1.29, 1.82) is 0 Å². The molecule has 22 heavy (non-hydrogen) atoms. The van der Waals surface area contributed by atoms with Gasteiger partial charge in [0.2, 0.25) is 5.43 Å². The molecule has 1 atom stereocenters. The fraction of sp³-hybridized carbons (Fsp3) is 0.0625. The highest BCUT2D eigenvalue weighted by Gasteiger charge is 2.14. The Kier molecular flexibility index (Phi) is 3.97. The van der Waals surface area contributed by atoms with E-state index in [-0.39, 0.29) is 15.3 Å². The molecule has 0 N–H and O–H groups in total. The second-order valence-electron chi connectivity index (χ2n) is 4.69. The van der Waals surface area contributed by atoms with Gasteiger partial charge in [-0.1, -0.05) is 0 Å². The molecule has 0 saturated carbocycles. The molecule has 3 rings (SSSR count). The summed E-state index contributed by atoms with van der Waals surface area (Å²) in [5.41, 5.74) is 0.649. The van der Waals surface area contributed by atoms with Crippen LogP contribution >= 0.6 is 15.9 Å². The van der Waals surface area contributed by atoms with Gasteiger partial charge in [0.25, 0.3) is 0 Å². The van der Waals surface area contributed by atoms with Crippen molar-refractivity contribution in [2.45, 2.75) is 4.90 Å². The van der Waals surface area contributed by atoms with Crippen molar-refractivity contribution in [2.75, 3.05) is 6.26 Å². The Bertz CT molecular complexity index is 948. The van der Waals surface area contributed by atoms with Gasteiger partial charge in [-0.25, -0.2) is 4.39 Å². The molecule has 0 amide bonds. The molecule has 112 valence electrons. The maximum absolute atomic E-state index is 13.3. The maximum atomic E-state index is 13.3. The van der Waals surface area contributed by atoms with Gasteiger partial charge in [-0.05, 0) is 58.4 Å². The molecule has 2 aromatic carbocycles. The third-order valence-electron chi connectivity index (χ3n) is 3.25. The summed E-state index contributed by atoms with van der Waals surface area (Å²) in [6.07, 6.45) is 1.59. The number of hydrogen-bond acceptors (Lipinski definition) is 3. The highest BCUT2D eigenvalue weighted by atomic mass is 79.9. The molecule has 1 aromatic heterocycles. The van der Waals surface area contributed by atoms with E-state index in [1.54, 1.807) is 30.5 Å². The molecule has 1 unspecified atom stereocenters.